The van der Waals surface area contributed by atoms with Gasteiger partial charge >= 0.3 is 18.2 Å². The molecule has 186 valence electrons. The molecule has 1 fully saturated rings. The molecule has 33 heavy (non-hydrogen) atoms. The molecule has 1 saturated heterocycles. The van der Waals surface area contributed by atoms with Gasteiger partial charge in [-0.25, -0.2) is 14.4 Å². The molecule has 0 aromatic heterocycles. The molecular formula is C20H33N5O8. The third kappa shape index (κ3) is 9.43. The molecule has 0 saturated carbocycles. The summed E-state index contributed by atoms with van der Waals surface area (Å²) in [6.07, 6.45) is -1.88. The molecular weight excluding hydrogens is 438 g/mol. The van der Waals surface area contributed by atoms with Crippen molar-refractivity contribution in [1.82, 2.24) is 9.96 Å². The van der Waals surface area contributed by atoms with E-state index in [-0.39, 0.29) is 32.2 Å². The Labute approximate surface area is 192 Å². The molecule has 0 radical (unpaired) electrons. The van der Waals surface area contributed by atoms with Crippen LogP contribution < -0.4 is 11.5 Å². The molecule has 0 aromatic carbocycles. The summed E-state index contributed by atoms with van der Waals surface area (Å²) in [7, 11) is 0. The van der Waals surface area contributed by atoms with Crippen LogP contribution in [0.4, 0.5) is 9.59 Å². The number of nitrogens with two attached hydrogens (primary N) is 2. The van der Waals surface area contributed by atoms with Crippen molar-refractivity contribution < 1.29 is 38.3 Å². The molecule has 0 aliphatic carbocycles. The monoisotopic (exact) mass is 471 g/mol. The molecule has 1 aliphatic heterocycles. The molecule has 13 nitrogen and oxygen atoms in total. The highest BCUT2D eigenvalue weighted by Gasteiger charge is 2.35. The zero-order chi connectivity index (χ0) is 25.6. The van der Waals surface area contributed by atoms with Gasteiger partial charge in [0.2, 0.25) is 5.96 Å². The molecule has 0 unspecified atom stereocenters. The SMILES string of the molecule is CC(C)(C)OC(=O)N(C(=O)OC(C)(C)C)C(N)=NCCC[C@H](N)C(=O)ON1C(=O)CCC1=O. The quantitative estimate of drug-likeness (QED) is 0.247. The smallest absolute Gasteiger partial charge is 0.427 e. The van der Waals surface area contributed by atoms with Gasteiger partial charge in [-0.1, -0.05) is 0 Å². The third-order valence-electron chi connectivity index (χ3n) is 3.82. The molecule has 0 aromatic rings. The van der Waals surface area contributed by atoms with Gasteiger partial charge in [0.15, 0.2) is 0 Å². The van der Waals surface area contributed by atoms with Gasteiger partial charge in [-0.3, -0.25) is 14.6 Å². The average Bonchev–Trinajstić information content (AvgIpc) is 2.94. The highest BCUT2D eigenvalue weighted by molar-refractivity contribution is 6.07. The minimum Gasteiger partial charge on any atom is -0.443 e. The van der Waals surface area contributed by atoms with Crippen LogP contribution in [0.5, 0.6) is 0 Å². The lowest BCUT2D eigenvalue weighted by atomic mass is 10.2. The topological polar surface area (TPSA) is 184 Å². The van der Waals surface area contributed by atoms with Crippen molar-refractivity contribution in [3.8, 4) is 0 Å². The molecule has 1 rings (SSSR count). The number of hydroxylamine groups is 2. The number of guanidine groups is 1. The van der Waals surface area contributed by atoms with Gasteiger partial charge < -0.3 is 25.8 Å². The fourth-order valence-corrected chi connectivity index (χ4v) is 2.39. The van der Waals surface area contributed by atoms with Crippen molar-refractivity contribution in [1.29, 1.82) is 0 Å². The zero-order valence-corrected chi connectivity index (χ0v) is 19.9. The number of carbonyl (C=O) groups excluding carboxylic acids is 5. The average molecular weight is 472 g/mol. The second kappa shape index (κ2) is 11.1. The Morgan fingerprint density at radius 1 is 1.00 bits per heavy atom. The van der Waals surface area contributed by atoms with E-state index in [1.54, 1.807) is 41.5 Å². The van der Waals surface area contributed by atoms with Gasteiger partial charge in [-0.05, 0) is 54.4 Å². The number of rotatable bonds is 6. The van der Waals surface area contributed by atoms with E-state index in [2.05, 4.69) is 4.99 Å². The van der Waals surface area contributed by atoms with E-state index in [0.717, 1.165) is 0 Å². The standard InChI is InChI=1S/C20H33N5O8/c1-19(2,3)31-17(29)24(18(30)32-20(4,5)6)16(22)23-11-7-8-12(21)15(28)33-25-13(26)9-10-14(25)27/h12H,7-11,21H2,1-6H3,(H2,22,23)/t12-/m0/s1. The van der Waals surface area contributed by atoms with E-state index in [1.807, 2.05) is 0 Å². The number of ether oxygens (including phenoxy) is 2. The van der Waals surface area contributed by atoms with E-state index in [9.17, 15) is 24.0 Å². The molecule has 4 N–H and O–H groups in total. The van der Waals surface area contributed by atoms with Crippen molar-refractivity contribution >= 4 is 35.9 Å². The first-order valence-corrected chi connectivity index (χ1v) is 10.4. The van der Waals surface area contributed by atoms with Crippen LogP contribution in [-0.4, -0.2) is 69.7 Å². The van der Waals surface area contributed by atoms with Gasteiger partial charge in [-0.2, -0.15) is 0 Å². The third-order valence-corrected chi connectivity index (χ3v) is 3.82. The van der Waals surface area contributed by atoms with E-state index in [0.29, 0.717) is 9.96 Å². The Morgan fingerprint density at radius 3 is 1.88 bits per heavy atom. The number of hydrogen-bond acceptors (Lipinski definition) is 10. The van der Waals surface area contributed by atoms with Gasteiger partial charge in [0.1, 0.15) is 17.2 Å². The molecule has 0 spiro atoms. The Balaban J connectivity index is 2.72. The summed E-state index contributed by atoms with van der Waals surface area (Å²) in [6.45, 7) is 9.72. The second-order valence-electron chi connectivity index (χ2n) is 9.28. The summed E-state index contributed by atoms with van der Waals surface area (Å²) in [5.74, 6) is -2.62. The number of imide groups is 2. The predicted molar refractivity (Wildman–Crippen MR) is 115 cm³/mol. The Hall–Kier alpha value is -3.22. The molecule has 0 bridgehead atoms. The molecule has 1 aliphatic rings. The van der Waals surface area contributed by atoms with Gasteiger partial charge in [-0.15, -0.1) is 9.96 Å². The molecule has 1 atom stereocenters. The maximum absolute atomic E-state index is 12.5. The summed E-state index contributed by atoms with van der Waals surface area (Å²) < 4.78 is 10.4. The minimum atomic E-state index is -1.13. The van der Waals surface area contributed by atoms with Crippen LogP contribution in [0.1, 0.15) is 67.2 Å². The predicted octanol–water partition coefficient (Wildman–Crippen LogP) is 1.19. The first kappa shape index (κ1) is 27.8. The summed E-state index contributed by atoms with van der Waals surface area (Å²) in [6, 6.07) is -1.13. The largest absolute Gasteiger partial charge is 0.443 e. The number of amides is 4. The van der Waals surface area contributed by atoms with E-state index in [1.165, 1.54) is 0 Å². The van der Waals surface area contributed by atoms with Crippen molar-refractivity contribution in [2.45, 2.75) is 84.5 Å². The number of carbonyl (C=O) groups is 5. The fourth-order valence-electron chi connectivity index (χ4n) is 2.39. The van der Waals surface area contributed by atoms with Gasteiger partial charge in [0, 0.05) is 19.4 Å². The van der Waals surface area contributed by atoms with Crippen molar-refractivity contribution in [2.24, 2.45) is 16.5 Å². The molecule has 13 heteroatoms. The lowest BCUT2D eigenvalue weighted by Gasteiger charge is -2.27. The highest BCUT2D eigenvalue weighted by Crippen LogP contribution is 2.15. The minimum absolute atomic E-state index is 0.00349. The summed E-state index contributed by atoms with van der Waals surface area (Å²) in [5, 5.41) is 0.415. The lowest BCUT2D eigenvalue weighted by molar-refractivity contribution is -0.198. The maximum atomic E-state index is 12.5. The highest BCUT2D eigenvalue weighted by atomic mass is 16.7. The van der Waals surface area contributed by atoms with E-state index in [4.69, 9.17) is 25.8 Å². The van der Waals surface area contributed by atoms with E-state index >= 15 is 0 Å². The number of hydrogen-bond donors (Lipinski definition) is 2. The van der Waals surface area contributed by atoms with Crippen LogP contribution in [0.25, 0.3) is 0 Å². The van der Waals surface area contributed by atoms with Crippen LogP contribution in [0.15, 0.2) is 4.99 Å². The van der Waals surface area contributed by atoms with Crippen LogP contribution in [-0.2, 0) is 28.7 Å². The van der Waals surface area contributed by atoms with Crippen LogP contribution in [0, 0.1) is 0 Å². The van der Waals surface area contributed by atoms with Crippen LogP contribution >= 0.6 is 0 Å². The van der Waals surface area contributed by atoms with Gasteiger partial charge in [0.05, 0.1) is 0 Å². The van der Waals surface area contributed by atoms with Crippen molar-refractivity contribution in [2.75, 3.05) is 6.54 Å². The maximum Gasteiger partial charge on any atom is 0.427 e. The Morgan fingerprint density at radius 2 is 1.45 bits per heavy atom. The lowest BCUT2D eigenvalue weighted by Crippen LogP contribution is -2.50. The van der Waals surface area contributed by atoms with Crippen LogP contribution in [0.3, 0.4) is 0 Å². The first-order chi connectivity index (χ1) is 15.0. The fraction of sp³-hybridized carbons (Fsp3) is 0.700. The summed E-state index contributed by atoms with van der Waals surface area (Å²) >= 11 is 0. The van der Waals surface area contributed by atoms with Crippen molar-refractivity contribution in [3.63, 3.8) is 0 Å². The molecule has 1 heterocycles. The zero-order valence-electron chi connectivity index (χ0n) is 19.9. The first-order valence-electron chi connectivity index (χ1n) is 10.4. The Bertz CT molecular complexity index is 768. The summed E-state index contributed by atoms with van der Waals surface area (Å²) in [4.78, 5) is 69.1. The number of aliphatic imine (C=N–C) groups is 1. The second-order valence-corrected chi connectivity index (χ2v) is 9.28. The van der Waals surface area contributed by atoms with Crippen molar-refractivity contribution in [3.05, 3.63) is 0 Å². The number of nitrogens with zero attached hydrogens (tertiary/aromatic N) is 3. The normalized spacial score (nSPS) is 15.8. The van der Waals surface area contributed by atoms with E-state index < -0.39 is 53.2 Å². The Kier molecular flexibility index (Phi) is 9.34. The van der Waals surface area contributed by atoms with Crippen LogP contribution in [0.2, 0.25) is 0 Å². The van der Waals surface area contributed by atoms with Gasteiger partial charge in [0.25, 0.3) is 11.8 Å². The summed E-state index contributed by atoms with van der Waals surface area (Å²) in [5.41, 5.74) is 9.78. The molecule has 4 amide bonds.